The van der Waals surface area contributed by atoms with Crippen molar-refractivity contribution in [2.45, 2.75) is 19.9 Å². The van der Waals surface area contributed by atoms with Crippen molar-refractivity contribution in [2.24, 2.45) is 5.73 Å². The molecule has 1 rings (SSSR count). The molecule has 1 aromatic rings. The summed E-state index contributed by atoms with van der Waals surface area (Å²) in [6.07, 6.45) is 0. The van der Waals surface area contributed by atoms with Gasteiger partial charge in [0.1, 0.15) is 0 Å². The number of aliphatic hydroxyl groups excluding tert-OH is 1. The standard InChI is InChI=1S/C10H14BrNO/c1-6-3-4-8(11)10(7(6)2)9(12)5-13/h3-4,9,13H,5,12H2,1-2H3. The molecule has 0 radical (unpaired) electrons. The topological polar surface area (TPSA) is 46.2 Å². The van der Waals surface area contributed by atoms with Crippen LogP contribution in [0.5, 0.6) is 0 Å². The Morgan fingerprint density at radius 1 is 1.46 bits per heavy atom. The third-order valence-corrected chi connectivity index (χ3v) is 2.99. The van der Waals surface area contributed by atoms with Crippen LogP contribution in [0.15, 0.2) is 16.6 Å². The first-order valence-corrected chi connectivity index (χ1v) is 4.99. The predicted octanol–water partition coefficient (Wildman–Crippen LogP) is 2.06. The molecule has 1 atom stereocenters. The van der Waals surface area contributed by atoms with Crippen molar-refractivity contribution in [1.29, 1.82) is 0 Å². The van der Waals surface area contributed by atoms with E-state index in [-0.39, 0.29) is 12.6 Å². The number of benzene rings is 1. The molecular formula is C10H14BrNO. The Morgan fingerprint density at radius 3 is 2.62 bits per heavy atom. The summed E-state index contributed by atoms with van der Waals surface area (Å²) in [6.45, 7) is 4.03. The van der Waals surface area contributed by atoms with Crippen molar-refractivity contribution < 1.29 is 5.11 Å². The first-order valence-electron chi connectivity index (χ1n) is 4.20. The van der Waals surface area contributed by atoms with Crippen LogP contribution in [0.1, 0.15) is 22.7 Å². The highest BCUT2D eigenvalue weighted by molar-refractivity contribution is 9.10. The Kier molecular flexibility index (Phi) is 3.47. The van der Waals surface area contributed by atoms with Crippen molar-refractivity contribution in [1.82, 2.24) is 0 Å². The van der Waals surface area contributed by atoms with Crippen LogP contribution in [0.3, 0.4) is 0 Å². The summed E-state index contributed by atoms with van der Waals surface area (Å²) >= 11 is 3.43. The minimum absolute atomic E-state index is 0.0249. The molecule has 0 aromatic heterocycles. The number of hydrogen-bond donors (Lipinski definition) is 2. The van der Waals surface area contributed by atoms with E-state index >= 15 is 0 Å². The van der Waals surface area contributed by atoms with Crippen LogP contribution in [0.25, 0.3) is 0 Å². The van der Waals surface area contributed by atoms with E-state index < -0.39 is 0 Å². The molecule has 0 aliphatic rings. The number of halogens is 1. The summed E-state index contributed by atoms with van der Waals surface area (Å²) in [6, 6.07) is 3.70. The van der Waals surface area contributed by atoms with Gasteiger partial charge >= 0.3 is 0 Å². The Bertz CT molecular complexity index is 312. The molecule has 0 saturated carbocycles. The van der Waals surface area contributed by atoms with E-state index in [1.54, 1.807) is 0 Å². The number of aliphatic hydroxyl groups is 1. The van der Waals surface area contributed by atoms with Gasteiger partial charge in [-0.3, -0.25) is 0 Å². The van der Waals surface area contributed by atoms with Crippen LogP contribution in [0, 0.1) is 13.8 Å². The molecule has 2 nitrogen and oxygen atoms in total. The number of nitrogens with two attached hydrogens (primary N) is 1. The maximum Gasteiger partial charge on any atom is 0.0624 e. The van der Waals surface area contributed by atoms with Crippen LogP contribution in [0.2, 0.25) is 0 Å². The summed E-state index contributed by atoms with van der Waals surface area (Å²) in [5, 5.41) is 8.98. The fraction of sp³-hybridized carbons (Fsp3) is 0.400. The highest BCUT2D eigenvalue weighted by Crippen LogP contribution is 2.27. The van der Waals surface area contributed by atoms with E-state index in [0.717, 1.165) is 15.6 Å². The molecule has 0 amide bonds. The van der Waals surface area contributed by atoms with Gasteiger partial charge in [0.15, 0.2) is 0 Å². The minimum Gasteiger partial charge on any atom is -0.394 e. The van der Waals surface area contributed by atoms with Gasteiger partial charge < -0.3 is 10.8 Å². The van der Waals surface area contributed by atoms with E-state index in [1.807, 2.05) is 26.0 Å². The zero-order valence-electron chi connectivity index (χ0n) is 7.84. The average molecular weight is 244 g/mol. The van der Waals surface area contributed by atoms with E-state index in [1.165, 1.54) is 5.56 Å². The average Bonchev–Trinajstić information content (AvgIpc) is 2.12. The lowest BCUT2D eigenvalue weighted by molar-refractivity contribution is 0.267. The smallest absolute Gasteiger partial charge is 0.0624 e. The van der Waals surface area contributed by atoms with Gasteiger partial charge in [0.05, 0.1) is 12.6 Å². The van der Waals surface area contributed by atoms with Crippen molar-refractivity contribution >= 4 is 15.9 Å². The quantitative estimate of drug-likeness (QED) is 0.836. The molecule has 3 N–H and O–H groups in total. The summed E-state index contributed by atoms with van der Waals surface area (Å²) in [5.74, 6) is 0. The number of aryl methyl sites for hydroxylation is 1. The highest BCUT2D eigenvalue weighted by atomic mass is 79.9. The van der Waals surface area contributed by atoms with Gasteiger partial charge in [0.2, 0.25) is 0 Å². The van der Waals surface area contributed by atoms with Crippen LogP contribution in [-0.2, 0) is 0 Å². The zero-order chi connectivity index (χ0) is 10.0. The molecule has 72 valence electrons. The number of rotatable bonds is 2. The van der Waals surface area contributed by atoms with Crippen LogP contribution >= 0.6 is 15.9 Å². The maximum absolute atomic E-state index is 8.98. The molecule has 0 spiro atoms. The lowest BCUT2D eigenvalue weighted by Gasteiger charge is -2.15. The van der Waals surface area contributed by atoms with Crippen LogP contribution in [-0.4, -0.2) is 11.7 Å². The summed E-state index contributed by atoms with van der Waals surface area (Å²) in [7, 11) is 0. The maximum atomic E-state index is 8.98. The van der Waals surface area contributed by atoms with Crippen LogP contribution in [0.4, 0.5) is 0 Å². The predicted molar refractivity (Wildman–Crippen MR) is 57.6 cm³/mol. The molecule has 0 aliphatic heterocycles. The lowest BCUT2D eigenvalue weighted by Crippen LogP contribution is -2.16. The molecule has 0 bridgehead atoms. The molecule has 0 saturated heterocycles. The summed E-state index contributed by atoms with van der Waals surface area (Å²) in [4.78, 5) is 0. The third-order valence-electron chi connectivity index (χ3n) is 2.30. The largest absolute Gasteiger partial charge is 0.394 e. The van der Waals surface area contributed by atoms with Gasteiger partial charge in [-0.25, -0.2) is 0 Å². The van der Waals surface area contributed by atoms with E-state index in [9.17, 15) is 0 Å². The van der Waals surface area contributed by atoms with E-state index in [0.29, 0.717) is 0 Å². The van der Waals surface area contributed by atoms with Crippen molar-refractivity contribution in [3.05, 3.63) is 33.3 Å². The van der Waals surface area contributed by atoms with Gasteiger partial charge in [-0.05, 0) is 36.6 Å². The van der Waals surface area contributed by atoms with Gasteiger partial charge in [-0.1, -0.05) is 22.0 Å². The van der Waals surface area contributed by atoms with E-state index in [2.05, 4.69) is 15.9 Å². The number of hydrogen-bond acceptors (Lipinski definition) is 2. The monoisotopic (exact) mass is 243 g/mol. The second-order valence-electron chi connectivity index (χ2n) is 3.19. The molecule has 0 heterocycles. The summed E-state index contributed by atoms with van der Waals surface area (Å²) in [5.41, 5.74) is 9.13. The second-order valence-corrected chi connectivity index (χ2v) is 4.05. The first kappa shape index (κ1) is 10.7. The molecule has 0 aliphatic carbocycles. The Hall–Kier alpha value is -0.380. The van der Waals surface area contributed by atoms with Gasteiger partial charge in [-0.15, -0.1) is 0 Å². The zero-order valence-corrected chi connectivity index (χ0v) is 9.43. The molecule has 13 heavy (non-hydrogen) atoms. The Morgan fingerprint density at radius 2 is 2.08 bits per heavy atom. The normalized spacial score (nSPS) is 13.0. The van der Waals surface area contributed by atoms with E-state index in [4.69, 9.17) is 10.8 Å². The van der Waals surface area contributed by atoms with Crippen molar-refractivity contribution in [2.75, 3.05) is 6.61 Å². The van der Waals surface area contributed by atoms with Gasteiger partial charge in [0, 0.05) is 4.47 Å². The molecule has 0 fully saturated rings. The Balaban J connectivity index is 3.25. The molecule has 1 unspecified atom stereocenters. The molecule has 3 heteroatoms. The fourth-order valence-electron chi connectivity index (χ4n) is 1.35. The lowest BCUT2D eigenvalue weighted by atomic mass is 9.98. The highest BCUT2D eigenvalue weighted by Gasteiger charge is 2.12. The third kappa shape index (κ3) is 2.10. The molecule has 1 aromatic carbocycles. The SMILES string of the molecule is Cc1ccc(Br)c(C(N)CO)c1C. The van der Waals surface area contributed by atoms with Gasteiger partial charge in [0.25, 0.3) is 0 Å². The second kappa shape index (κ2) is 4.22. The van der Waals surface area contributed by atoms with Crippen LogP contribution < -0.4 is 5.73 Å². The van der Waals surface area contributed by atoms with Crippen molar-refractivity contribution in [3.8, 4) is 0 Å². The summed E-state index contributed by atoms with van der Waals surface area (Å²) < 4.78 is 0.970. The van der Waals surface area contributed by atoms with Gasteiger partial charge in [-0.2, -0.15) is 0 Å². The fourth-order valence-corrected chi connectivity index (χ4v) is 2.07. The molecular weight excluding hydrogens is 230 g/mol. The minimum atomic E-state index is -0.297. The first-order chi connectivity index (χ1) is 6.07. The Labute approximate surface area is 86.9 Å². The van der Waals surface area contributed by atoms with Crippen molar-refractivity contribution in [3.63, 3.8) is 0 Å².